The summed E-state index contributed by atoms with van der Waals surface area (Å²) >= 11 is 0. The summed E-state index contributed by atoms with van der Waals surface area (Å²) in [6.07, 6.45) is 4.24. The molecular formula is C25H33N7O5. The standard InChI is InChI=1S/C25H33N7O5/c1-7-25(35)11-10-17(25)29-21(33)15-14-27-32-19(31(5)23(34)37-24(2,3)4)13-18(30-20(15)32)28-16-9-8-12-26-22(16)36-6/h8-9,12-14,17,35H,7,10-11H2,1-6H3,(H,28,30)(H,29,33)/t17?,25-/m1/s1. The van der Waals surface area contributed by atoms with Gasteiger partial charge in [0.25, 0.3) is 5.91 Å². The van der Waals surface area contributed by atoms with Crippen LogP contribution in [0.25, 0.3) is 5.65 Å². The number of anilines is 3. The largest absolute Gasteiger partial charge is 0.480 e. The number of nitrogens with zero attached hydrogens (tertiary/aromatic N) is 5. The van der Waals surface area contributed by atoms with Crippen LogP contribution in [0.1, 0.15) is 57.3 Å². The Balaban J connectivity index is 1.76. The van der Waals surface area contributed by atoms with Gasteiger partial charge in [-0.05, 0) is 52.2 Å². The van der Waals surface area contributed by atoms with Crippen LogP contribution in [-0.4, -0.2) is 68.1 Å². The second-order valence-electron chi connectivity index (χ2n) is 10.0. The van der Waals surface area contributed by atoms with Crippen molar-refractivity contribution in [2.75, 3.05) is 24.4 Å². The molecule has 0 aromatic carbocycles. The Labute approximate surface area is 215 Å². The summed E-state index contributed by atoms with van der Waals surface area (Å²) in [5, 5.41) is 21.0. The Morgan fingerprint density at radius 1 is 1.35 bits per heavy atom. The van der Waals surface area contributed by atoms with Crippen molar-refractivity contribution in [3.05, 3.63) is 36.2 Å². The summed E-state index contributed by atoms with van der Waals surface area (Å²) in [6, 6.07) is 4.76. The highest BCUT2D eigenvalue weighted by atomic mass is 16.6. The molecule has 198 valence electrons. The van der Waals surface area contributed by atoms with E-state index in [0.29, 0.717) is 42.5 Å². The summed E-state index contributed by atoms with van der Waals surface area (Å²) in [4.78, 5) is 36.2. The number of aliphatic hydroxyl groups is 1. The molecule has 0 aliphatic heterocycles. The fourth-order valence-electron chi connectivity index (χ4n) is 4.11. The second-order valence-corrected chi connectivity index (χ2v) is 10.0. The number of carbonyl (C=O) groups is 2. The van der Waals surface area contributed by atoms with Crippen molar-refractivity contribution in [3.8, 4) is 5.88 Å². The van der Waals surface area contributed by atoms with Crippen LogP contribution in [0, 0.1) is 0 Å². The lowest BCUT2D eigenvalue weighted by Gasteiger charge is -2.45. The number of fused-ring (bicyclic) bond motifs is 1. The van der Waals surface area contributed by atoms with Crippen molar-refractivity contribution in [2.45, 2.75) is 64.2 Å². The molecule has 0 saturated heterocycles. The maximum atomic E-state index is 13.2. The number of ether oxygens (including phenoxy) is 2. The number of hydrogen-bond donors (Lipinski definition) is 3. The van der Waals surface area contributed by atoms with E-state index in [-0.39, 0.29) is 17.3 Å². The molecule has 12 heteroatoms. The number of hydrogen-bond acceptors (Lipinski definition) is 9. The second kappa shape index (κ2) is 9.85. The highest BCUT2D eigenvalue weighted by molar-refractivity contribution is 6.00. The lowest BCUT2D eigenvalue weighted by Crippen LogP contribution is -2.59. The molecular weight excluding hydrogens is 478 g/mol. The lowest BCUT2D eigenvalue weighted by molar-refractivity contribution is -0.0676. The summed E-state index contributed by atoms with van der Waals surface area (Å²) in [6.45, 7) is 7.21. The molecule has 1 unspecified atom stereocenters. The van der Waals surface area contributed by atoms with Crippen LogP contribution in [-0.2, 0) is 4.74 Å². The number of rotatable bonds is 7. The van der Waals surface area contributed by atoms with Gasteiger partial charge in [-0.1, -0.05) is 6.92 Å². The lowest BCUT2D eigenvalue weighted by atomic mass is 9.73. The van der Waals surface area contributed by atoms with Gasteiger partial charge in [0.1, 0.15) is 28.5 Å². The molecule has 1 fully saturated rings. The van der Waals surface area contributed by atoms with Gasteiger partial charge in [-0.2, -0.15) is 9.61 Å². The van der Waals surface area contributed by atoms with Gasteiger partial charge in [0, 0.05) is 19.3 Å². The van der Waals surface area contributed by atoms with Crippen LogP contribution in [0.15, 0.2) is 30.6 Å². The van der Waals surface area contributed by atoms with E-state index in [4.69, 9.17) is 9.47 Å². The molecule has 3 heterocycles. The normalized spacial score (nSPS) is 19.2. The number of aromatic nitrogens is 4. The van der Waals surface area contributed by atoms with Gasteiger partial charge >= 0.3 is 6.09 Å². The zero-order chi connectivity index (χ0) is 27.0. The first-order valence-corrected chi connectivity index (χ1v) is 12.1. The average molecular weight is 512 g/mol. The minimum atomic E-state index is -0.919. The molecule has 1 saturated carbocycles. The van der Waals surface area contributed by atoms with E-state index < -0.39 is 23.2 Å². The van der Waals surface area contributed by atoms with Crippen molar-refractivity contribution in [3.63, 3.8) is 0 Å². The Kier molecular flexibility index (Phi) is 6.96. The van der Waals surface area contributed by atoms with Gasteiger partial charge in [0.15, 0.2) is 5.65 Å². The maximum absolute atomic E-state index is 13.2. The highest BCUT2D eigenvalue weighted by Crippen LogP contribution is 2.35. The Bertz CT molecular complexity index is 1310. The van der Waals surface area contributed by atoms with E-state index in [0.717, 1.165) is 0 Å². The first kappa shape index (κ1) is 26.1. The minimum absolute atomic E-state index is 0.200. The number of methoxy groups -OCH3 is 1. The van der Waals surface area contributed by atoms with E-state index >= 15 is 0 Å². The molecule has 0 radical (unpaired) electrons. The molecule has 0 spiro atoms. The van der Waals surface area contributed by atoms with Crippen molar-refractivity contribution in [1.82, 2.24) is 24.9 Å². The number of nitrogens with one attached hydrogen (secondary N) is 2. The third kappa shape index (κ3) is 5.29. The molecule has 2 amide bonds. The fourth-order valence-corrected chi connectivity index (χ4v) is 4.11. The van der Waals surface area contributed by atoms with E-state index in [9.17, 15) is 14.7 Å². The van der Waals surface area contributed by atoms with Gasteiger partial charge in [-0.15, -0.1) is 0 Å². The van der Waals surface area contributed by atoms with E-state index in [1.54, 1.807) is 52.2 Å². The molecule has 1 aliphatic rings. The molecule has 2 atom stereocenters. The first-order valence-electron chi connectivity index (χ1n) is 12.1. The van der Waals surface area contributed by atoms with Crippen molar-refractivity contribution < 1.29 is 24.2 Å². The monoisotopic (exact) mass is 511 g/mol. The quantitative estimate of drug-likeness (QED) is 0.435. The van der Waals surface area contributed by atoms with Crippen LogP contribution >= 0.6 is 0 Å². The van der Waals surface area contributed by atoms with E-state index in [2.05, 4.69) is 25.7 Å². The third-order valence-electron chi connectivity index (χ3n) is 6.37. The van der Waals surface area contributed by atoms with Crippen LogP contribution in [0.5, 0.6) is 5.88 Å². The molecule has 12 nitrogen and oxygen atoms in total. The predicted octanol–water partition coefficient (Wildman–Crippen LogP) is 3.28. The number of carbonyl (C=O) groups excluding carboxylic acids is 2. The minimum Gasteiger partial charge on any atom is -0.480 e. The van der Waals surface area contributed by atoms with Crippen LogP contribution in [0.4, 0.5) is 22.1 Å². The van der Waals surface area contributed by atoms with Gasteiger partial charge in [-0.3, -0.25) is 9.69 Å². The molecule has 3 aromatic heterocycles. The van der Waals surface area contributed by atoms with Crippen LogP contribution < -0.4 is 20.3 Å². The molecule has 37 heavy (non-hydrogen) atoms. The molecule has 3 N–H and O–H groups in total. The highest BCUT2D eigenvalue weighted by Gasteiger charge is 2.44. The van der Waals surface area contributed by atoms with E-state index in [1.807, 2.05) is 6.92 Å². The summed E-state index contributed by atoms with van der Waals surface area (Å²) in [5.74, 6) is 0.576. The van der Waals surface area contributed by atoms with E-state index in [1.165, 1.54) is 22.7 Å². The number of pyridine rings is 1. The summed E-state index contributed by atoms with van der Waals surface area (Å²) in [7, 11) is 3.05. The van der Waals surface area contributed by atoms with Gasteiger partial charge < -0.3 is 25.2 Å². The topological polar surface area (TPSA) is 143 Å². The van der Waals surface area contributed by atoms with Crippen molar-refractivity contribution in [2.24, 2.45) is 0 Å². The summed E-state index contributed by atoms with van der Waals surface area (Å²) < 4.78 is 12.3. The average Bonchev–Trinajstić information content (AvgIpc) is 3.28. The van der Waals surface area contributed by atoms with Crippen LogP contribution in [0.2, 0.25) is 0 Å². The predicted molar refractivity (Wildman–Crippen MR) is 137 cm³/mol. The Morgan fingerprint density at radius 3 is 2.73 bits per heavy atom. The molecule has 4 rings (SSSR count). The maximum Gasteiger partial charge on any atom is 0.415 e. The smallest absolute Gasteiger partial charge is 0.415 e. The van der Waals surface area contributed by atoms with Crippen molar-refractivity contribution >= 4 is 35.0 Å². The van der Waals surface area contributed by atoms with Gasteiger partial charge in [0.05, 0.1) is 24.9 Å². The SMILES string of the molecule is CC[C@@]1(O)CCC1NC(=O)c1cnn2c(N(C)C(=O)OC(C)(C)C)cc(Nc3cccnc3OC)nc12. The van der Waals surface area contributed by atoms with Crippen molar-refractivity contribution in [1.29, 1.82) is 0 Å². The Morgan fingerprint density at radius 2 is 2.11 bits per heavy atom. The van der Waals surface area contributed by atoms with Gasteiger partial charge in [0.2, 0.25) is 5.88 Å². The van der Waals surface area contributed by atoms with Gasteiger partial charge in [-0.25, -0.2) is 14.8 Å². The number of amides is 2. The Hall–Kier alpha value is -3.93. The first-order chi connectivity index (χ1) is 17.5. The fraction of sp³-hybridized carbons (Fsp3) is 0.480. The zero-order valence-electron chi connectivity index (χ0n) is 21.9. The molecule has 0 bridgehead atoms. The van der Waals surface area contributed by atoms with Crippen LogP contribution in [0.3, 0.4) is 0 Å². The zero-order valence-corrected chi connectivity index (χ0v) is 21.9. The summed E-state index contributed by atoms with van der Waals surface area (Å²) in [5.41, 5.74) is -0.672. The third-order valence-corrected chi connectivity index (χ3v) is 6.37. The molecule has 3 aromatic rings. The molecule has 1 aliphatic carbocycles.